The van der Waals surface area contributed by atoms with E-state index in [4.69, 9.17) is 18.9 Å². The van der Waals surface area contributed by atoms with Crippen LogP contribution in [0.4, 0.5) is 0 Å². The molecule has 4 aromatic rings. The molecule has 2 aliphatic heterocycles. The van der Waals surface area contributed by atoms with Gasteiger partial charge in [-0.15, -0.1) is 0 Å². The first kappa shape index (κ1) is 24.6. The number of carbonyl (C=O) groups is 1. The standard InChI is InChI=1S/C32H34NO5/c1-35-29-14-23-22-13-21-11-8-12-33(21,19-28(34)20-9-6-5-7-10-20)18-27(22)26-17-32(38-4)31(37-3)16-25(26)24(23)15-30(29)36-2/h5-7,9-10,14-17,21H,8,11-13,18-19H2,1-4H3/q+1/t21-,33-/m1/s1. The van der Waals surface area contributed by atoms with Crippen molar-refractivity contribution >= 4 is 27.3 Å². The molecule has 1 saturated heterocycles. The average Bonchev–Trinajstić information content (AvgIpc) is 3.37. The van der Waals surface area contributed by atoms with E-state index in [1.807, 2.05) is 30.3 Å². The number of methoxy groups -OCH3 is 4. The Labute approximate surface area is 223 Å². The highest BCUT2D eigenvalue weighted by Crippen LogP contribution is 2.48. The van der Waals surface area contributed by atoms with Crippen molar-refractivity contribution in [3.05, 3.63) is 71.3 Å². The highest BCUT2D eigenvalue weighted by molar-refractivity contribution is 6.13. The van der Waals surface area contributed by atoms with E-state index in [0.717, 1.165) is 64.3 Å². The van der Waals surface area contributed by atoms with Gasteiger partial charge in [0.1, 0.15) is 13.1 Å². The number of quaternary nitrogens is 1. The zero-order valence-corrected chi connectivity index (χ0v) is 22.5. The van der Waals surface area contributed by atoms with Gasteiger partial charge in [0.05, 0.1) is 41.0 Å². The lowest BCUT2D eigenvalue weighted by atomic mass is 9.83. The molecule has 196 valence electrons. The zero-order valence-electron chi connectivity index (χ0n) is 22.5. The smallest absolute Gasteiger partial charge is 0.216 e. The van der Waals surface area contributed by atoms with Gasteiger partial charge in [0.15, 0.2) is 23.0 Å². The van der Waals surface area contributed by atoms with Crippen molar-refractivity contribution in [2.75, 3.05) is 41.5 Å². The predicted octanol–water partition coefficient (Wildman–Crippen LogP) is 5.95. The van der Waals surface area contributed by atoms with E-state index in [1.165, 1.54) is 16.5 Å². The Morgan fingerprint density at radius 3 is 1.84 bits per heavy atom. The summed E-state index contributed by atoms with van der Waals surface area (Å²) in [6.07, 6.45) is 3.18. The number of hydrogen-bond donors (Lipinski definition) is 0. The Balaban J connectivity index is 1.59. The molecule has 6 rings (SSSR count). The number of fused-ring (bicyclic) bond motifs is 7. The number of benzene rings is 4. The molecule has 0 unspecified atom stereocenters. The number of rotatable bonds is 7. The van der Waals surface area contributed by atoms with Crippen LogP contribution in [0.1, 0.15) is 34.3 Å². The normalized spacial score (nSPS) is 20.2. The van der Waals surface area contributed by atoms with Crippen LogP contribution in [0.3, 0.4) is 0 Å². The molecule has 6 heteroatoms. The Hall–Kier alpha value is -3.77. The van der Waals surface area contributed by atoms with Crippen LogP contribution in [0.25, 0.3) is 21.5 Å². The summed E-state index contributed by atoms with van der Waals surface area (Å²) in [5.41, 5.74) is 3.43. The van der Waals surface area contributed by atoms with Crippen LogP contribution in [0.5, 0.6) is 23.0 Å². The molecule has 0 spiro atoms. The number of hydrogen-bond acceptors (Lipinski definition) is 5. The maximum atomic E-state index is 13.5. The van der Waals surface area contributed by atoms with E-state index in [1.54, 1.807) is 28.4 Å². The van der Waals surface area contributed by atoms with Crippen LogP contribution in [0, 0.1) is 0 Å². The topological polar surface area (TPSA) is 54.0 Å². The monoisotopic (exact) mass is 512 g/mol. The molecule has 0 saturated carbocycles. The molecule has 38 heavy (non-hydrogen) atoms. The summed E-state index contributed by atoms with van der Waals surface area (Å²) < 4.78 is 23.6. The molecule has 6 nitrogen and oxygen atoms in total. The molecule has 0 aromatic heterocycles. The van der Waals surface area contributed by atoms with Crippen LogP contribution in [0.15, 0.2) is 54.6 Å². The number of nitrogens with zero attached hydrogens (tertiary/aromatic N) is 1. The van der Waals surface area contributed by atoms with Crippen LogP contribution in [0.2, 0.25) is 0 Å². The lowest BCUT2D eigenvalue weighted by molar-refractivity contribution is -0.946. The van der Waals surface area contributed by atoms with Crippen molar-refractivity contribution in [3.8, 4) is 23.0 Å². The number of carbonyl (C=O) groups excluding carboxylic acids is 1. The molecule has 2 heterocycles. The minimum atomic E-state index is 0.219. The summed E-state index contributed by atoms with van der Waals surface area (Å²) in [7, 11) is 6.69. The van der Waals surface area contributed by atoms with Crippen molar-refractivity contribution in [2.45, 2.75) is 31.8 Å². The van der Waals surface area contributed by atoms with E-state index in [2.05, 4.69) is 24.3 Å². The average molecular weight is 513 g/mol. The van der Waals surface area contributed by atoms with Gasteiger partial charge in [-0.05, 0) is 51.4 Å². The van der Waals surface area contributed by atoms with E-state index >= 15 is 0 Å². The third-order valence-corrected chi connectivity index (χ3v) is 8.73. The predicted molar refractivity (Wildman–Crippen MR) is 149 cm³/mol. The lowest BCUT2D eigenvalue weighted by Gasteiger charge is -2.44. The minimum Gasteiger partial charge on any atom is -0.493 e. The molecule has 2 atom stereocenters. The summed E-state index contributed by atoms with van der Waals surface area (Å²) in [6.45, 7) is 2.35. The molecule has 0 aliphatic carbocycles. The summed E-state index contributed by atoms with van der Waals surface area (Å²) in [4.78, 5) is 13.5. The SMILES string of the molecule is COc1cc2c3c(c4cc(OC)c(OC)cc4c2cc1OC)C[N@@+]1(CC(=O)c2ccccc2)CCC[C@@H]1C3. The molecular weight excluding hydrogens is 478 g/mol. The maximum Gasteiger partial charge on any atom is 0.216 e. The largest absolute Gasteiger partial charge is 0.493 e. The van der Waals surface area contributed by atoms with Crippen LogP contribution in [-0.4, -0.2) is 57.8 Å². The summed E-state index contributed by atoms with van der Waals surface area (Å²) in [5.74, 6) is 3.04. The van der Waals surface area contributed by atoms with E-state index in [9.17, 15) is 4.79 Å². The molecular formula is C32H34NO5+. The summed E-state index contributed by atoms with van der Waals surface area (Å²) >= 11 is 0. The molecule has 0 N–H and O–H groups in total. The molecule has 1 fully saturated rings. The minimum absolute atomic E-state index is 0.219. The Kier molecular flexibility index (Phi) is 6.15. The van der Waals surface area contributed by atoms with Crippen LogP contribution >= 0.6 is 0 Å². The van der Waals surface area contributed by atoms with Crippen LogP contribution in [-0.2, 0) is 13.0 Å². The zero-order chi connectivity index (χ0) is 26.4. The van der Waals surface area contributed by atoms with Gasteiger partial charge in [0.2, 0.25) is 5.78 Å². The fourth-order valence-electron chi connectivity index (χ4n) is 6.86. The number of Topliss-reactive ketones (excluding diaryl/α,β-unsaturated/α-hetero) is 1. The summed E-state index contributed by atoms with van der Waals surface area (Å²) in [5, 5.41) is 4.52. The van der Waals surface area contributed by atoms with Crippen molar-refractivity contribution in [2.24, 2.45) is 0 Å². The second-order valence-corrected chi connectivity index (χ2v) is 10.5. The fourth-order valence-corrected chi connectivity index (χ4v) is 6.86. The molecule has 2 aliphatic rings. The quantitative estimate of drug-likeness (QED) is 0.174. The second-order valence-electron chi connectivity index (χ2n) is 10.5. The summed E-state index contributed by atoms with van der Waals surface area (Å²) in [6, 6.07) is 18.5. The van der Waals surface area contributed by atoms with Gasteiger partial charge in [0.25, 0.3) is 0 Å². The highest BCUT2D eigenvalue weighted by Gasteiger charge is 2.47. The first-order valence-electron chi connectivity index (χ1n) is 13.2. The van der Waals surface area contributed by atoms with E-state index < -0.39 is 0 Å². The highest BCUT2D eigenvalue weighted by atomic mass is 16.5. The molecule has 4 aromatic carbocycles. The van der Waals surface area contributed by atoms with E-state index in [0.29, 0.717) is 29.8 Å². The van der Waals surface area contributed by atoms with Crippen molar-refractivity contribution < 1.29 is 28.2 Å². The van der Waals surface area contributed by atoms with Crippen molar-refractivity contribution in [1.29, 1.82) is 0 Å². The third kappa shape index (κ3) is 3.78. The third-order valence-electron chi connectivity index (χ3n) is 8.73. The molecule has 0 radical (unpaired) electrons. The molecule has 0 bridgehead atoms. The first-order valence-corrected chi connectivity index (χ1v) is 13.2. The van der Waals surface area contributed by atoms with Gasteiger partial charge in [-0.2, -0.15) is 0 Å². The van der Waals surface area contributed by atoms with Gasteiger partial charge in [0, 0.05) is 30.4 Å². The van der Waals surface area contributed by atoms with Gasteiger partial charge in [-0.1, -0.05) is 30.3 Å². The second kappa shape index (κ2) is 9.52. The van der Waals surface area contributed by atoms with Gasteiger partial charge in [-0.25, -0.2) is 0 Å². The van der Waals surface area contributed by atoms with Gasteiger partial charge in [-0.3, -0.25) is 4.79 Å². The maximum absolute atomic E-state index is 13.5. The fraction of sp³-hybridized carbons (Fsp3) is 0.344. The number of ether oxygens (including phenoxy) is 4. The van der Waals surface area contributed by atoms with Crippen molar-refractivity contribution in [3.63, 3.8) is 0 Å². The van der Waals surface area contributed by atoms with Crippen LogP contribution < -0.4 is 18.9 Å². The first-order chi connectivity index (χ1) is 18.5. The van der Waals surface area contributed by atoms with Gasteiger partial charge < -0.3 is 23.4 Å². The van der Waals surface area contributed by atoms with Crippen molar-refractivity contribution in [1.82, 2.24) is 0 Å². The Morgan fingerprint density at radius 2 is 1.29 bits per heavy atom. The Morgan fingerprint density at radius 1 is 0.763 bits per heavy atom. The number of ketones is 1. The Bertz CT molecular complexity index is 1550. The lowest BCUT2D eigenvalue weighted by Crippen LogP contribution is -2.56. The van der Waals surface area contributed by atoms with E-state index in [-0.39, 0.29) is 5.78 Å². The molecule has 0 amide bonds. The van der Waals surface area contributed by atoms with Gasteiger partial charge >= 0.3 is 0 Å².